The molecule has 0 spiro atoms. The zero-order chi connectivity index (χ0) is 25.5. The quantitative estimate of drug-likeness (QED) is 0.341. The first-order valence-corrected chi connectivity index (χ1v) is 12.6. The van der Waals surface area contributed by atoms with E-state index in [0.29, 0.717) is 19.0 Å². The molecular formula is C31H34N4O. The van der Waals surface area contributed by atoms with E-state index >= 15 is 0 Å². The van der Waals surface area contributed by atoms with Gasteiger partial charge in [0.25, 0.3) is 5.91 Å². The number of hydrogen-bond acceptors (Lipinski definition) is 4. The molecule has 3 aromatic carbocycles. The minimum Gasteiger partial charge on any atom is -0.360 e. The number of carbonyl (C=O) groups is 1. The molecular weight excluding hydrogens is 444 g/mol. The number of rotatable bonds is 7. The molecule has 3 aromatic rings. The fraction of sp³-hybridized carbons (Fsp3) is 0.290. The molecule has 1 fully saturated rings. The second-order valence-electron chi connectivity index (χ2n) is 9.56. The number of carbonyl (C=O) groups excluding carboxylic acids is 1. The molecule has 0 aromatic heterocycles. The van der Waals surface area contributed by atoms with Crippen LogP contribution in [0.3, 0.4) is 0 Å². The number of nitrogens with one attached hydrogen (secondary N) is 1. The van der Waals surface area contributed by atoms with Crippen LogP contribution in [0, 0.1) is 18.3 Å². The molecule has 0 atom stereocenters. The van der Waals surface area contributed by atoms with Gasteiger partial charge in [0.2, 0.25) is 0 Å². The van der Waals surface area contributed by atoms with Crippen LogP contribution in [-0.4, -0.2) is 41.9 Å². The third-order valence-electron chi connectivity index (χ3n) is 6.84. The first-order chi connectivity index (χ1) is 17.5. The summed E-state index contributed by atoms with van der Waals surface area (Å²) >= 11 is 0. The van der Waals surface area contributed by atoms with E-state index in [1.165, 1.54) is 11.1 Å². The Morgan fingerprint density at radius 1 is 0.889 bits per heavy atom. The maximum atomic E-state index is 13.2. The summed E-state index contributed by atoms with van der Waals surface area (Å²) in [5, 5.41) is 13.0. The van der Waals surface area contributed by atoms with E-state index in [0.717, 1.165) is 29.9 Å². The number of nitriles is 1. The van der Waals surface area contributed by atoms with Gasteiger partial charge in [-0.3, -0.25) is 9.69 Å². The first kappa shape index (κ1) is 25.2. The minimum atomic E-state index is -0.222. The Hall–Kier alpha value is -3.88. The van der Waals surface area contributed by atoms with Gasteiger partial charge in [-0.1, -0.05) is 92.7 Å². The molecule has 1 heterocycles. The number of amides is 1. The van der Waals surface area contributed by atoms with Crippen molar-refractivity contribution in [2.75, 3.05) is 31.5 Å². The fourth-order valence-corrected chi connectivity index (χ4v) is 4.89. The average molecular weight is 479 g/mol. The molecule has 1 N–H and O–H groups in total. The zero-order valence-corrected chi connectivity index (χ0v) is 21.3. The standard InChI is InChI=1S/C31H34N4O/c1-23(2)28-16-10-11-24(3)29(28)33-22-27(21-32)31(36)35-19-17-34(18-20-35)30(25-12-6-4-7-13-25)26-14-8-5-9-15-26/h4-16,22-23,30,33H,17-20H2,1-3H3/b27-22-. The monoisotopic (exact) mass is 478 g/mol. The van der Waals surface area contributed by atoms with Crippen molar-refractivity contribution in [1.82, 2.24) is 9.80 Å². The Morgan fingerprint density at radius 3 is 2.00 bits per heavy atom. The van der Waals surface area contributed by atoms with Crippen LogP contribution in [0.25, 0.3) is 0 Å². The molecule has 0 radical (unpaired) electrons. The summed E-state index contributed by atoms with van der Waals surface area (Å²) in [4.78, 5) is 17.5. The highest BCUT2D eigenvalue weighted by Crippen LogP contribution is 2.30. The number of hydrogen-bond donors (Lipinski definition) is 1. The minimum absolute atomic E-state index is 0.129. The Labute approximate surface area is 214 Å². The van der Waals surface area contributed by atoms with E-state index in [2.05, 4.69) is 84.7 Å². The Morgan fingerprint density at radius 2 is 1.47 bits per heavy atom. The summed E-state index contributed by atoms with van der Waals surface area (Å²) in [5.74, 6) is 0.109. The number of anilines is 1. The third-order valence-corrected chi connectivity index (χ3v) is 6.84. The maximum absolute atomic E-state index is 13.2. The van der Waals surface area contributed by atoms with E-state index in [1.54, 1.807) is 11.1 Å². The van der Waals surface area contributed by atoms with Gasteiger partial charge in [0, 0.05) is 38.1 Å². The number of nitrogens with zero attached hydrogens (tertiary/aromatic N) is 3. The van der Waals surface area contributed by atoms with E-state index in [4.69, 9.17) is 0 Å². The van der Waals surface area contributed by atoms with Crippen LogP contribution in [0.1, 0.15) is 48.1 Å². The first-order valence-electron chi connectivity index (χ1n) is 12.6. The highest BCUT2D eigenvalue weighted by molar-refractivity contribution is 5.97. The lowest BCUT2D eigenvalue weighted by Gasteiger charge is -2.39. The lowest BCUT2D eigenvalue weighted by Crippen LogP contribution is -2.50. The number of piperazine rings is 1. The van der Waals surface area contributed by atoms with Gasteiger partial charge in [0.1, 0.15) is 11.6 Å². The summed E-state index contributed by atoms with van der Waals surface area (Å²) in [6.07, 6.45) is 1.57. The van der Waals surface area contributed by atoms with Gasteiger partial charge in [-0.25, -0.2) is 0 Å². The highest BCUT2D eigenvalue weighted by atomic mass is 16.2. The number of para-hydroxylation sites is 1. The molecule has 1 amide bonds. The number of aryl methyl sites for hydroxylation is 1. The molecule has 0 unspecified atom stereocenters. The highest BCUT2D eigenvalue weighted by Gasteiger charge is 2.29. The van der Waals surface area contributed by atoms with Crippen LogP contribution in [-0.2, 0) is 4.79 Å². The van der Waals surface area contributed by atoms with E-state index in [1.807, 2.05) is 31.2 Å². The SMILES string of the molecule is Cc1cccc(C(C)C)c1N/C=C(/C#N)C(=O)N1CCN(C(c2ccccc2)c2ccccc2)CC1. The van der Waals surface area contributed by atoms with Crippen molar-refractivity contribution in [2.45, 2.75) is 32.7 Å². The maximum Gasteiger partial charge on any atom is 0.266 e. The summed E-state index contributed by atoms with van der Waals surface area (Å²) in [7, 11) is 0. The zero-order valence-electron chi connectivity index (χ0n) is 21.3. The summed E-state index contributed by atoms with van der Waals surface area (Å²) in [6, 6.07) is 29.4. The molecule has 5 heteroatoms. The second kappa shape index (κ2) is 11.7. The van der Waals surface area contributed by atoms with Gasteiger partial charge in [0.15, 0.2) is 0 Å². The third kappa shape index (κ3) is 5.67. The van der Waals surface area contributed by atoms with Crippen molar-refractivity contribution in [1.29, 1.82) is 5.26 Å². The lowest BCUT2D eigenvalue weighted by atomic mass is 9.96. The van der Waals surface area contributed by atoms with Crippen LogP contribution in [0.4, 0.5) is 5.69 Å². The molecule has 1 aliphatic rings. The van der Waals surface area contributed by atoms with Crippen molar-refractivity contribution in [3.8, 4) is 6.07 Å². The van der Waals surface area contributed by atoms with Crippen LogP contribution in [0.15, 0.2) is 90.6 Å². The molecule has 184 valence electrons. The normalized spacial score (nSPS) is 14.7. The van der Waals surface area contributed by atoms with E-state index in [-0.39, 0.29) is 17.5 Å². The van der Waals surface area contributed by atoms with Gasteiger partial charge in [-0.2, -0.15) is 5.26 Å². The van der Waals surface area contributed by atoms with Crippen molar-refractivity contribution in [3.63, 3.8) is 0 Å². The molecule has 1 aliphatic heterocycles. The van der Waals surface area contributed by atoms with Gasteiger partial charge in [-0.05, 0) is 35.1 Å². The molecule has 0 saturated carbocycles. The molecule has 0 aliphatic carbocycles. The Kier molecular flexibility index (Phi) is 8.20. The molecule has 36 heavy (non-hydrogen) atoms. The van der Waals surface area contributed by atoms with Crippen molar-refractivity contribution >= 4 is 11.6 Å². The Balaban J connectivity index is 1.47. The van der Waals surface area contributed by atoms with Gasteiger partial charge in [-0.15, -0.1) is 0 Å². The molecule has 5 nitrogen and oxygen atoms in total. The van der Waals surface area contributed by atoms with Crippen molar-refractivity contribution in [2.24, 2.45) is 0 Å². The Bertz CT molecular complexity index is 1200. The van der Waals surface area contributed by atoms with Crippen LogP contribution < -0.4 is 5.32 Å². The van der Waals surface area contributed by atoms with Crippen LogP contribution in [0.5, 0.6) is 0 Å². The van der Waals surface area contributed by atoms with Gasteiger partial charge >= 0.3 is 0 Å². The van der Waals surface area contributed by atoms with Gasteiger partial charge in [0.05, 0.1) is 6.04 Å². The van der Waals surface area contributed by atoms with Crippen LogP contribution >= 0.6 is 0 Å². The summed E-state index contributed by atoms with van der Waals surface area (Å²) < 4.78 is 0. The molecule has 4 rings (SSSR count). The lowest BCUT2D eigenvalue weighted by molar-refractivity contribution is -0.128. The smallest absolute Gasteiger partial charge is 0.266 e. The van der Waals surface area contributed by atoms with E-state index < -0.39 is 0 Å². The predicted octanol–water partition coefficient (Wildman–Crippen LogP) is 5.87. The summed E-state index contributed by atoms with van der Waals surface area (Å²) in [5.41, 5.74) is 5.82. The average Bonchev–Trinajstić information content (AvgIpc) is 2.91. The second-order valence-corrected chi connectivity index (χ2v) is 9.56. The topological polar surface area (TPSA) is 59.4 Å². The van der Waals surface area contributed by atoms with Crippen LogP contribution in [0.2, 0.25) is 0 Å². The number of benzene rings is 3. The van der Waals surface area contributed by atoms with Crippen molar-refractivity contribution < 1.29 is 4.79 Å². The fourth-order valence-electron chi connectivity index (χ4n) is 4.89. The van der Waals surface area contributed by atoms with Gasteiger partial charge < -0.3 is 10.2 Å². The van der Waals surface area contributed by atoms with Crippen molar-refractivity contribution in [3.05, 3.63) is 113 Å². The molecule has 0 bridgehead atoms. The van der Waals surface area contributed by atoms with E-state index in [9.17, 15) is 10.1 Å². The molecule has 1 saturated heterocycles. The summed E-state index contributed by atoms with van der Waals surface area (Å²) in [6.45, 7) is 8.94. The predicted molar refractivity (Wildman–Crippen MR) is 145 cm³/mol. The largest absolute Gasteiger partial charge is 0.360 e.